The summed E-state index contributed by atoms with van der Waals surface area (Å²) in [6, 6.07) is 0.0611. The number of piperidine rings is 1. The molecule has 1 saturated heterocycles. The molecule has 0 radical (unpaired) electrons. The highest BCUT2D eigenvalue weighted by Crippen LogP contribution is 2.19. The average molecular weight is 256 g/mol. The number of esters is 1. The van der Waals surface area contributed by atoms with Gasteiger partial charge in [0.05, 0.1) is 12.5 Å². The van der Waals surface area contributed by atoms with Gasteiger partial charge in [-0.05, 0) is 33.1 Å². The highest BCUT2D eigenvalue weighted by Gasteiger charge is 2.27. The fourth-order valence-corrected chi connectivity index (χ4v) is 2.13. The molecule has 1 unspecified atom stereocenters. The third kappa shape index (κ3) is 4.64. The first-order valence-electron chi connectivity index (χ1n) is 6.74. The molecular formula is C13H24N2O3. The van der Waals surface area contributed by atoms with Crippen molar-refractivity contribution < 1.29 is 14.3 Å². The maximum absolute atomic E-state index is 11.9. The number of hydrogen-bond acceptors (Lipinski definition) is 4. The molecule has 1 atom stereocenters. The molecular weight excluding hydrogens is 232 g/mol. The van der Waals surface area contributed by atoms with E-state index in [1.807, 2.05) is 18.7 Å². The van der Waals surface area contributed by atoms with Gasteiger partial charge in [0.25, 0.3) is 0 Å². The fourth-order valence-electron chi connectivity index (χ4n) is 2.13. The third-order valence-corrected chi connectivity index (χ3v) is 3.28. The Morgan fingerprint density at radius 2 is 2.00 bits per heavy atom. The minimum atomic E-state index is -0.125. The Morgan fingerprint density at radius 3 is 2.50 bits per heavy atom. The summed E-state index contributed by atoms with van der Waals surface area (Å²) in [5.74, 6) is -0.0165. The molecule has 5 nitrogen and oxygen atoms in total. The smallest absolute Gasteiger partial charge is 0.309 e. The van der Waals surface area contributed by atoms with Crippen LogP contribution in [-0.4, -0.2) is 42.5 Å². The molecule has 1 aliphatic heterocycles. The van der Waals surface area contributed by atoms with E-state index in [-0.39, 0.29) is 23.8 Å². The standard InChI is InChI=1S/C13H24N2O3/c1-3-18-13(17)11-6-8-15(9-7-11)12(16)5-4-10(2)14/h10-11H,3-9,14H2,1-2H3. The molecule has 1 heterocycles. The highest BCUT2D eigenvalue weighted by molar-refractivity contribution is 5.77. The first kappa shape index (κ1) is 15.0. The molecule has 1 amide bonds. The lowest BCUT2D eigenvalue weighted by molar-refractivity contribution is -0.151. The van der Waals surface area contributed by atoms with Gasteiger partial charge in [0.2, 0.25) is 5.91 Å². The second kappa shape index (κ2) is 7.36. The van der Waals surface area contributed by atoms with Crippen molar-refractivity contribution in [3.63, 3.8) is 0 Å². The summed E-state index contributed by atoms with van der Waals surface area (Å²) in [7, 11) is 0. The molecule has 1 aliphatic rings. The molecule has 2 N–H and O–H groups in total. The van der Waals surface area contributed by atoms with Crippen LogP contribution in [0.25, 0.3) is 0 Å². The quantitative estimate of drug-likeness (QED) is 0.742. The highest BCUT2D eigenvalue weighted by atomic mass is 16.5. The minimum absolute atomic E-state index is 0.0394. The monoisotopic (exact) mass is 256 g/mol. The maximum Gasteiger partial charge on any atom is 0.309 e. The van der Waals surface area contributed by atoms with Gasteiger partial charge in [0.1, 0.15) is 0 Å². The molecule has 0 aliphatic carbocycles. The number of nitrogens with zero attached hydrogens (tertiary/aromatic N) is 1. The maximum atomic E-state index is 11.9. The van der Waals surface area contributed by atoms with Gasteiger partial charge in [-0.2, -0.15) is 0 Å². The lowest BCUT2D eigenvalue weighted by Crippen LogP contribution is -2.41. The van der Waals surface area contributed by atoms with Crippen LogP contribution in [0.15, 0.2) is 0 Å². The van der Waals surface area contributed by atoms with Crippen LogP contribution in [-0.2, 0) is 14.3 Å². The molecule has 0 spiro atoms. The van der Waals surface area contributed by atoms with E-state index in [2.05, 4.69) is 0 Å². The van der Waals surface area contributed by atoms with E-state index in [1.54, 1.807) is 0 Å². The van der Waals surface area contributed by atoms with Crippen molar-refractivity contribution in [3.05, 3.63) is 0 Å². The number of carbonyl (C=O) groups excluding carboxylic acids is 2. The lowest BCUT2D eigenvalue weighted by Gasteiger charge is -2.31. The predicted molar refractivity (Wildman–Crippen MR) is 68.8 cm³/mol. The zero-order valence-electron chi connectivity index (χ0n) is 11.4. The molecule has 0 aromatic rings. The fraction of sp³-hybridized carbons (Fsp3) is 0.846. The van der Waals surface area contributed by atoms with Crippen LogP contribution in [0.3, 0.4) is 0 Å². The Labute approximate surface area is 109 Å². The van der Waals surface area contributed by atoms with Gasteiger partial charge in [-0.1, -0.05) is 0 Å². The van der Waals surface area contributed by atoms with Gasteiger partial charge in [0.15, 0.2) is 0 Å². The van der Waals surface area contributed by atoms with E-state index in [9.17, 15) is 9.59 Å². The zero-order chi connectivity index (χ0) is 13.5. The van der Waals surface area contributed by atoms with Gasteiger partial charge in [-0.25, -0.2) is 0 Å². The van der Waals surface area contributed by atoms with E-state index in [0.29, 0.717) is 39.0 Å². The van der Waals surface area contributed by atoms with Crippen molar-refractivity contribution in [3.8, 4) is 0 Å². The van der Waals surface area contributed by atoms with Crippen LogP contribution in [0, 0.1) is 5.92 Å². The summed E-state index contributed by atoms with van der Waals surface area (Å²) < 4.78 is 5.00. The summed E-state index contributed by atoms with van der Waals surface area (Å²) in [4.78, 5) is 25.2. The average Bonchev–Trinajstić information content (AvgIpc) is 2.36. The van der Waals surface area contributed by atoms with E-state index in [0.717, 1.165) is 6.42 Å². The molecule has 1 rings (SSSR count). The molecule has 0 aromatic heterocycles. The largest absolute Gasteiger partial charge is 0.466 e. The summed E-state index contributed by atoms with van der Waals surface area (Å²) in [5.41, 5.74) is 5.63. The number of carbonyl (C=O) groups is 2. The third-order valence-electron chi connectivity index (χ3n) is 3.28. The van der Waals surface area contributed by atoms with Crippen LogP contribution in [0.5, 0.6) is 0 Å². The van der Waals surface area contributed by atoms with Crippen molar-refractivity contribution in [1.29, 1.82) is 0 Å². The van der Waals surface area contributed by atoms with E-state index in [4.69, 9.17) is 10.5 Å². The van der Waals surface area contributed by atoms with Crippen molar-refractivity contribution in [1.82, 2.24) is 4.90 Å². The second-order valence-electron chi connectivity index (χ2n) is 4.92. The molecule has 1 fully saturated rings. The zero-order valence-corrected chi connectivity index (χ0v) is 11.4. The number of ether oxygens (including phenoxy) is 1. The SMILES string of the molecule is CCOC(=O)C1CCN(C(=O)CCC(C)N)CC1. The first-order valence-corrected chi connectivity index (χ1v) is 6.74. The first-order chi connectivity index (χ1) is 8.54. The molecule has 104 valence electrons. The Balaban J connectivity index is 2.30. The molecule has 0 bridgehead atoms. The number of hydrogen-bond donors (Lipinski definition) is 1. The second-order valence-corrected chi connectivity index (χ2v) is 4.92. The van der Waals surface area contributed by atoms with Crippen LogP contribution in [0.4, 0.5) is 0 Å². The summed E-state index contributed by atoms with van der Waals surface area (Å²) in [5, 5.41) is 0. The molecule has 18 heavy (non-hydrogen) atoms. The Bertz CT molecular complexity index is 284. The minimum Gasteiger partial charge on any atom is -0.466 e. The van der Waals surface area contributed by atoms with Crippen molar-refractivity contribution in [2.24, 2.45) is 11.7 Å². The Kier molecular flexibility index (Phi) is 6.12. The van der Waals surface area contributed by atoms with Crippen LogP contribution >= 0.6 is 0 Å². The summed E-state index contributed by atoms with van der Waals surface area (Å²) in [6.07, 6.45) is 2.64. The van der Waals surface area contributed by atoms with Gasteiger partial charge in [0, 0.05) is 25.6 Å². The number of amides is 1. The van der Waals surface area contributed by atoms with Crippen LogP contribution in [0.2, 0.25) is 0 Å². The van der Waals surface area contributed by atoms with Crippen LogP contribution in [0.1, 0.15) is 39.5 Å². The number of likely N-dealkylation sites (tertiary alicyclic amines) is 1. The van der Waals surface area contributed by atoms with Gasteiger partial charge >= 0.3 is 5.97 Å². The molecule has 0 aromatic carbocycles. The summed E-state index contributed by atoms with van der Waals surface area (Å²) in [6.45, 7) is 5.44. The number of nitrogens with two attached hydrogens (primary N) is 1. The van der Waals surface area contributed by atoms with Crippen molar-refractivity contribution >= 4 is 11.9 Å². The van der Waals surface area contributed by atoms with Gasteiger partial charge < -0.3 is 15.4 Å². The van der Waals surface area contributed by atoms with Crippen molar-refractivity contribution in [2.45, 2.75) is 45.6 Å². The van der Waals surface area contributed by atoms with Crippen molar-refractivity contribution in [2.75, 3.05) is 19.7 Å². The summed E-state index contributed by atoms with van der Waals surface area (Å²) >= 11 is 0. The van der Waals surface area contributed by atoms with Gasteiger partial charge in [-0.15, -0.1) is 0 Å². The normalized spacial score (nSPS) is 18.5. The Morgan fingerprint density at radius 1 is 1.39 bits per heavy atom. The topological polar surface area (TPSA) is 72.6 Å². The lowest BCUT2D eigenvalue weighted by atomic mass is 9.96. The predicted octanol–water partition coefficient (Wildman–Crippen LogP) is 0.915. The van der Waals surface area contributed by atoms with E-state index < -0.39 is 0 Å². The Hall–Kier alpha value is -1.10. The van der Waals surface area contributed by atoms with E-state index >= 15 is 0 Å². The van der Waals surface area contributed by atoms with Crippen LogP contribution < -0.4 is 5.73 Å². The van der Waals surface area contributed by atoms with E-state index in [1.165, 1.54) is 0 Å². The number of rotatable bonds is 5. The van der Waals surface area contributed by atoms with Gasteiger partial charge in [-0.3, -0.25) is 9.59 Å². The molecule has 0 saturated carbocycles. The molecule has 5 heteroatoms.